The van der Waals surface area contributed by atoms with Gasteiger partial charge in [-0.15, -0.1) is 0 Å². The summed E-state index contributed by atoms with van der Waals surface area (Å²) in [6.07, 6.45) is 1.92. The smallest absolute Gasteiger partial charge is 0.269 e. The number of benzene rings is 2. The monoisotopic (exact) mass is 356 g/mol. The number of rotatable bonds is 8. The van der Waals surface area contributed by atoms with Crippen molar-refractivity contribution in [2.45, 2.75) is 25.9 Å². The van der Waals surface area contributed by atoms with Crippen LogP contribution in [0.25, 0.3) is 0 Å². The molecule has 1 unspecified atom stereocenters. The molecule has 2 aromatic carbocycles. The molecule has 0 aromatic heterocycles. The Morgan fingerprint density at radius 1 is 1.12 bits per heavy atom. The first-order valence-electron chi connectivity index (χ1n) is 9.00. The highest BCUT2D eigenvalue weighted by molar-refractivity contribution is 5.40. The summed E-state index contributed by atoms with van der Waals surface area (Å²) in [6, 6.07) is 14.5. The van der Waals surface area contributed by atoms with Crippen molar-refractivity contribution in [1.29, 1.82) is 0 Å². The Bertz CT molecular complexity index is 733. The molecule has 0 saturated carbocycles. The van der Waals surface area contributed by atoms with E-state index in [9.17, 15) is 10.1 Å². The van der Waals surface area contributed by atoms with Gasteiger partial charge in [-0.2, -0.15) is 0 Å². The van der Waals surface area contributed by atoms with Crippen LogP contribution >= 0.6 is 0 Å². The highest BCUT2D eigenvalue weighted by Gasteiger charge is 2.22. The van der Waals surface area contributed by atoms with Gasteiger partial charge in [0.15, 0.2) is 11.5 Å². The zero-order valence-corrected chi connectivity index (χ0v) is 15.0. The van der Waals surface area contributed by atoms with Crippen LogP contribution in [0.4, 0.5) is 5.69 Å². The van der Waals surface area contributed by atoms with Crippen molar-refractivity contribution in [2.24, 2.45) is 0 Å². The van der Waals surface area contributed by atoms with Crippen LogP contribution in [-0.4, -0.2) is 42.2 Å². The van der Waals surface area contributed by atoms with E-state index in [2.05, 4.69) is 11.8 Å². The molecular weight excluding hydrogens is 332 g/mol. The van der Waals surface area contributed by atoms with Gasteiger partial charge in [-0.1, -0.05) is 31.2 Å². The molecule has 0 bridgehead atoms. The fraction of sp³-hybridized carbons (Fsp3) is 0.400. The molecule has 1 aliphatic rings. The summed E-state index contributed by atoms with van der Waals surface area (Å²) in [5.41, 5.74) is 1.23. The Labute approximate surface area is 153 Å². The van der Waals surface area contributed by atoms with Crippen LogP contribution in [0.1, 0.15) is 18.9 Å². The van der Waals surface area contributed by atoms with Gasteiger partial charge >= 0.3 is 0 Å². The molecule has 6 nitrogen and oxygen atoms in total. The molecule has 3 rings (SSSR count). The Kier molecular flexibility index (Phi) is 6.07. The molecule has 0 amide bonds. The molecule has 0 radical (unpaired) electrons. The molecular formula is C20H24N2O4. The second-order valence-electron chi connectivity index (χ2n) is 6.47. The third-order valence-corrected chi connectivity index (χ3v) is 4.43. The normalized spacial score (nSPS) is 15.8. The molecule has 6 heteroatoms. The Balaban J connectivity index is 1.55. The highest BCUT2D eigenvalue weighted by atomic mass is 16.6. The zero-order chi connectivity index (χ0) is 18.4. The van der Waals surface area contributed by atoms with Crippen LogP contribution in [0.2, 0.25) is 0 Å². The molecule has 0 saturated heterocycles. The van der Waals surface area contributed by atoms with E-state index >= 15 is 0 Å². The minimum Gasteiger partial charge on any atom is -0.486 e. The van der Waals surface area contributed by atoms with Crippen LogP contribution < -0.4 is 9.47 Å². The lowest BCUT2D eigenvalue weighted by atomic mass is 10.1. The van der Waals surface area contributed by atoms with Gasteiger partial charge in [0.25, 0.3) is 5.69 Å². The molecule has 138 valence electrons. The molecule has 26 heavy (non-hydrogen) atoms. The van der Waals surface area contributed by atoms with Gasteiger partial charge in [0, 0.05) is 25.2 Å². The first-order valence-corrected chi connectivity index (χ1v) is 9.00. The number of para-hydroxylation sites is 2. The van der Waals surface area contributed by atoms with Gasteiger partial charge in [-0.3, -0.25) is 15.0 Å². The van der Waals surface area contributed by atoms with E-state index < -0.39 is 0 Å². The van der Waals surface area contributed by atoms with Crippen LogP contribution in [0, 0.1) is 10.1 Å². The summed E-state index contributed by atoms with van der Waals surface area (Å²) in [7, 11) is 0. The summed E-state index contributed by atoms with van der Waals surface area (Å²) >= 11 is 0. The third-order valence-electron chi connectivity index (χ3n) is 4.43. The number of fused-ring (bicyclic) bond motifs is 1. The standard InChI is InChI=1S/C20H24N2O4/c1-2-12-21(13-11-16-7-9-17(10-8-16)22(23)24)14-18-15-25-19-5-3-4-6-20(19)26-18/h3-10,18H,2,11-15H2,1H3. The van der Waals surface area contributed by atoms with Gasteiger partial charge in [-0.25, -0.2) is 0 Å². The van der Waals surface area contributed by atoms with Crippen molar-refractivity contribution in [3.05, 3.63) is 64.2 Å². The van der Waals surface area contributed by atoms with Crippen molar-refractivity contribution >= 4 is 5.69 Å². The number of nitro benzene ring substituents is 1. The number of non-ortho nitro benzene ring substituents is 1. The van der Waals surface area contributed by atoms with E-state index in [0.717, 1.165) is 49.5 Å². The molecule has 1 heterocycles. The summed E-state index contributed by atoms with van der Waals surface area (Å²) in [5.74, 6) is 1.60. The average Bonchev–Trinajstić information content (AvgIpc) is 2.66. The van der Waals surface area contributed by atoms with E-state index in [4.69, 9.17) is 9.47 Å². The van der Waals surface area contributed by atoms with E-state index in [1.165, 1.54) is 0 Å². The Morgan fingerprint density at radius 3 is 2.54 bits per heavy atom. The minimum absolute atomic E-state index is 0.00770. The topological polar surface area (TPSA) is 64.8 Å². The van der Waals surface area contributed by atoms with E-state index in [1.807, 2.05) is 36.4 Å². The Hall–Kier alpha value is -2.60. The van der Waals surface area contributed by atoms with Crippen molar-refractivity contribution in [2.75, 3.05) is 26.2 Å². The fourth-order valence-electron chi connectivity index (χ4n) is 3.12. The summed E-state index contributed by atoms with van der Waals surface area (Å²) < 4.78 is 11.9. The van der Waals surface area contributed by atoms with E-state index in [1.54, 1.807) is 12.1 Å². The number of hydrogen-bond acceptors (Lipinski definition) is 5. The summed E-state index contributed by atoms with van der Waals surface area (Å²) in [5, 5.41) is 10.7. The van der Waals surface area contributed by atoms with Crippen molar-refractivity contribution in [3.8, 4) is 11.5 Å². The number of nitro groups is 1. The molecule has 1 aliphatic heterocycles. The maximum atomic E-state index is 10.7. The molecule has 0 fully saturated rings. The molecule has 1 atom stereocenters. The Morgan fingerprint density at radius 2 is 1.85 bits per heavy atom. The van der Waals surface area contributed by atoms with Crippen LogP contribution in [0.5, 0.6) is 11.5 Å². The first kappa shape index (κ1) is 18.2. The molecule has 0 spiro atoms. The maximum Gasteiger partial charge on any atom is 0.269 e. The van der Waals surface area contributed by atoms with Gasteiger partial charge in [-0.05, 0) is 37.1 Å². The first-order chi connectivity index (χ1) is 12.7. The number of ether oxygens (including phenoxy) is 2. The van der Waals surface area contributed by atoms with Crippen LogP contribution in [0.15, 0.2) is 48.5 Å². The quantitative estimate of drug-likeness (QED) is 0.533. The van der Waals surface area contributed by atoms with Gasteiger partial charge < -0.3 is 9.47 Å². The minimum atomic E-state index is -0.370. The molecule has 0 N–H and O–H groups in total. The summed E-state index contributed by atoms with van der Waals surface area (Å²) in [4.78, 5) is 12.7. The lowest BCUT2D eigenvalue weighted by Gasteiger charge is -2.31. The summed E-state index contributed by atoms with van der Waals surface area (Å²) in [6.45, 7) is 5.37. The molecule has 0 aliphatic carbocycles. The predicted molar refractivity (Wildman–Crippen MR) is 99.9 cm³/mol. The second-order valence-corrected chi connectivity index (χ2v) is 6.47. The maximum absolute atomic E-state index is 10.7. The van der Waals surface area contributed by atoms with Crippen LogP contribution in [-0.2, 0) is 6.42 Å². The largest absolute Gasteiger partial charge is 0.486 e. The number of nitrogens with zero attached hydrogens (tertiary/aromatic N) is 2. The zero-order valence-electron chi connectivity index (χ0n) is 15.0. The van der Waals surface area contributed by atoms with Crippen molar-refractivity contribution in [1.82, 2.24) is 4.90 Å². The highest BCUT2D eigenvalue weighted by Crippen LogP contribution is 2.31. The van der Waals surface area contributed by atoms with Crippen molar-refractivity contribution < 1.29 is 14.4 Å². The SMILES string of the molecule is CCCN(CCc1ccc([N+](=O)[O-])cc1)CC1COc2ccccc2O1. The number of hydrogen-bond donors (Lipinski definition) is 0. The average molecular weight is 356 g/mol. The van der Waals surface area contributed by atoms with Crippen LogP contribution in [0.3, 0.4) is 0 Å². The lowest BCUT2D eigenvalue weighted by Crippen LogP contribution is -2.42. The van der Waals surface area contributed by atoms with E-state index in [0.29, 0.717) is 6.61 Å². The van der Waals surface area contributed by atoms with E-state index in [-0.39, 0.29) is 16.7 Å². The van der Waals surface area contributed by atoms with Gasteiger partial charge in [0.1, 0.15) is 12.7 Å². The lowest BCUT2D eigenvalue weighted by molar-refractivity contribution is -0.384. The van der Waals surface area contributed by atoms with Crippen molar-refractivity contribution in [3.63, 3.8) is 0 Å². The predicted octanol–water partition coefficient (Wildman–Crippen LogP) is 3.69. The second kappa shape index (κ2) is 8.67. The van der Waals surface area contributed by atoms with Gasteiger partial charge in [0.05, 0.1) is 4.92 Å². The third kappa shape index (κ3) is 4.73. The fourth-order valence-corrected chi connectivity index (χ4v) is 3.12. The van der Waals surface area contributed by atoms with Gasteiger partial charge in [0.2, 0.25) is 0 Å². The molecule has 2 aromatic rings.